The number of nitrogens with one attached hydrogen (secondary N) is 1. The lowest BCUT2D eigenvalue weighted by Gasteiger charge is -2.29. The van der Waals surface area contributed by atoms with Gasteiger partial charge in [-0.15, -0.1) is 0 Å². The van der Waals surface area contributed by atoms with E-state index in [0.29, 0.717) is 29.3 Å². The number of aryl methyl sites for hydroxylation is 1. The highest BCUT2D eigenvalue weighted by molar-refractivity contribution is 5.84. The van der Waals surface area contributed by atoms with Gasteiger partial charge in [-0.3, -0.25) is 4.48 Å². The number of benzene rings is 4. The van der Waals surface area contributed by atoms with Crippen LogP contribution >= 0.6 is 0 Å². The van der Waals surface area contributed by atoms with Crippen LogP contribution in [0.1, 0.15) is 28.7 Å². The van der Waals surface area contributed by atoms with Crippen LogP contribution in [0.4, 0.5) is 18.9 Å². The van der Waals surface area contributed by atoms with Crippen LogP contribution in [-0.2, 0) is 12.6 Å². The Kier molecular flexibility index (Phi) is 7.68. The van der Waals surface area contributed by atoms with E-state index in [-0.39, 0.29) is 12.0 Å². The Morgan fingerprint density at radius 3 is 2.35 bits per heavy atom. The predicted molar refractivity (Wildman–Crippen MR) is 156 cm³/mol. The summed E-state index contributed by atoms with van der Waals surface area (Å²) in [5.74, 6) is 1.28. The molecule has 5 aromatic rings. The van der Waals surface area contributed by atoms with Gasteiger partial charge in [-0.2, -0.15) is 13.2 Å². The molecule has 0 amide bonds. The Morgan fingerprint density at radius 1 is 0.850 bits per heavy atom. The molecule has 0 aliphatic heterocycles. The van der Waals surface area contributed by atoms with Gasteiger partial charge in [0, 0.05) is 24.5 Å². The quantitative estimate of drug-likeness (QED) is 0.150. The minimum atomic E-state index is -4.44. The van der Waals surface area contributed by atoms with Gasteiger partial charge in [0.15, 0.2) is 0 Å². The van der Waals surface area contributed by atoms with E-state index in [9.17, 15) is 13.2 Å². The van der Waals surface area contributed by atoms with Crippen LogP contribution in [0.5, 0.6) is 5.75 Å². The highest BCUT2D eigenvalue weighted by Gasteiger charge is 2.33. The van der Waals surface area contributed by atoms with Crippen molar-refractivity contribution in [2.75, 3.05) is 27.2 Å². The largest absolute Gasteiger partial charge is 0.493 e. The maximum Gasteiger partial charge on any atom is 0.416 e. The average Bonchev–Trinajstić information content (AvgIpc) is 3.36. The standard InChI is InChI=1S/C33H33F3N3O/c1-23-11-9-13-25(19-23)32-37-30-22-28(40-18-10-17-39(2,3)27-14-5-4-6-15-27)21-26(31(30)38-32)20-24-12-7-8-16-29(24)33(34,35)36/h4-9,11-16,19,21-22H,10,17-18,20H2,1-3H3,(H,37,38)/q+1. The highest BCUT2D eigenvalue weighted by Crippen LogP contribution is 2.35. The molecule has 1 aromatic heterocycles. The van der Waals surface area contributed by atoms with Crippen molar-refractivity contribution in [1.29, 1.82) is 0 Å². The first-order valence-electron chi connectivity index (χ1n) is 13.4. The van der Waals surface area contributed by atoms with E-state index >= 15 is 0 Å². The second-order valence-electron chi connectivity index (χ2n) is 10.7. The number of H-pyrrole nitrogens is 1. The van der Waals surface area contributed by atoms with Crippen molar-refractivity contribution in [2.24, 2.45) is 0 Å². The maximum absolute atomic E-state index is 13.8. The molecular weight excluding hydrogens is 511 g/mol. The van der Waals surface area contributed by atoms with Gasteiger partial charge in [0.1, 0.15) is 17.3 Å². The number of rotatable bonds is 9. The summed E-state index contributed by atoms with van der Waals surface area (Å²) in [6.45, 7) is 3.37. The second-order valence-corrected chi connectivity index (χ2v) is 10.7. The molecule has 0 saturated carbocycles. The molecule has 0 spiro atoms. The third kappa shape index (κ3) is 6.20. The number of ether oxygens (including phenoxy) is 1. The lowest BCUT2D eigenvalue weighted by Crippen LogP contribution is -2.41. The van der Waals surface area contributed by atoms with Crippen LogP contribution in [-0.4, -0.2) is 37.2 Å². The summed E-state index contributed by atoms with van der Waals surface area (Å²) in [6.07, 6.45) is -3.55. The van der Waals surface area contributed by atoms with Gasteiger partial charge < -0.3 is 9.72 Å². The third-order valence-corrected chi connectivity index (χ3v) is 7.22. The fourth-order valence-corrected chi connectivity index (χ4v) is 5.07. The number of aromatic nitrogens is 2. The molecule has 4 aromatic carbocycles. The van der Waals surface area contributed by atoms with E-state index in [4.69, 9.17) is 9.72 Å². The summed E-state index contributed by atoms with van der Waals surface area (Å²) in [5.41, 5.74) is 4.85. The minimum Gasteiger partial charge on any atom is -0.493 e. The van der Waals surface area contributed by atoms with Gasteiger partial charge in [-0.25, -0.2) is 4.98 Å². The van der Waals surface area contributed by atoms with E-state index in [1.807, 2.05) is 61.5 Å². The van der Waals surface area contributed by atoms with Crippen molar-refractivity contribution >= 4 is 16.7 Å². The first kappa shape index (κ1) is 27.5. The first-order chi connectivity index (χ1) is 19.1. The SMILES string of the molecule is Cc1cccc(-c2nc3c(Cc4ccccc4C(F)(F)F)cc(OCCC[N+](C)(C)c4ccccc4)cc3[nH]2)c1. The summed E-state index contributed by atoms with van der Waals surface area (Å²) in [6, 6.07) is 27.7. The molecule has 4 nitrogen and oxygen atoms in total. The molecule has 7 heteroatoms. The summed E-state index contributed by atoms with van der Waals surface area (Å²) in [4.78, 5) is 8.19. The zero-order valence-electron chi connectivity index (χ0n) is 22.9. The normalized spacial score (nSPS) is 12.2. The van der Waals surface area contributed by atoms with Crippen molar-refractivity contribution in [3.05, 3.63) is 113 Å². The van der Waals surface area contributed by atoms with Gasteiger partial charge in [0.2, 0.25) is 0 Å². The number of fused-ring (bicyclic) bond motifs is 1. The Morgan fingerprint density at radius 2 is 1.60 bits per heavy atom. The van der Waals surface area contributed by atoms with Gasteiger partial charge in [-0.1, -0.05) is 60.2 Å². The fourth-order valence-electron chi connectivity index (χ4n) is 5.07. The average molecular weight is 545 g/mol. The van der Waals surface area contributed by atoms with E-state index in [2.05, 4.69) is 31.2 Å². The number of para-hydroxylation sites is 1. The highest BCUT2D eigenvalue weighted by atomic mass is 19.4. The monoisotopic (exact) mass is 544 g/mol. The second kappa shape index (κ2) is 11.2. The molecule has 0 atom stereocenters. The number of imidazole rings is 1. The molecule has 0 radical (unpaired) electrons. The Labute approximate surface area is 232 Å². The topological polar surface area (TPSA) is 37.9 Å². The molecule has 0 saturated heterocycles. The molecule has 1 heterocycles. The number of quaternary nitrogens is 1. The molecule has 5 rings (SSSR count). The summed E-state index contributed by atoms with van der Waals surface area (Å²) in [7, 11) is 4.32. The van der Waals surface area contributed by atoms with E-state index in [0.717, 1.165) is 40.2 Å². The van der Waals surface area contributed by atoms with Crippen LogP contribution in [0.3, 0.4) is 0 Å². The van der Waals surface area contributed by atoms with Crippen LogP contribution in [0.25, 0.3) is 22.4 Å². The lowest BCUT2D eigenvalue weighted by atomic mass is 9.98. The molecule has 0 unspecified atom stereocenters. The number of hydrogen-bond acceptors (Lipinski definition) is 2. The summed E-state index contributed by atoms with van der Waals surface area (Å²) < 4.78 is 48.3. The molecular formula is C33H33F3N3O+. The van der Waals surface area contributed by atoms with Crippen LogP contribution in [0.15, 0.2) is 91.0 Å². The van der Waals surface area contributed by atoms with Crippen molar-refractivity contribution in [3.63, 3.8) is 0 Å². The van der Waals surface area contributed by atoms with Crippen LogP contribution in [0.2, 0.25) is 0 Å². The first-order valence-corrected chi connectivity index (χ1v) is 13.4. The third-order valence-electron chi connectivity index (χ3n) is 7.22. The molecule has 0 aliphatic rings. The summed E-state index contributed by atoms with van der Waals surface area (Å²) >= 11 is 0. The zero-order valence-corrected chi connectivity index (χ0v) is 22.9. The molecule has 0 aliphatic carbocycles. The molecule has 0 bridgehead atoms. The number of halogens is 3. The maximum atomic E-state index is 13.8. The fraction of sp³-hybridized carbons (Fsp3) is 0.242. The van der Waals surface area contributed by atoms with E-state index in [1.54, 1.807) is 6.07 Å². The number of alkyl halides is 3. The van der Waals surface area contributed by atoms with Crippen LogP contribution < -0.4 is 9.22 Å². The smallest absolute Gasteiger partial charge is 0.416 e. The van der Waals surface area contributed by atoms with Gasteiger partial charge >= 0.3 is 6.18 Å². The molecule has 40 heavy (non-hydrogen) atoms. The molecule has 206 valence electrons. The summed E-state index contributed by atoms with van der Waals surface area (Å²) in [5, 5.41) is 0. The van der Waals surface area contributed by atoms with Crippen molar-refractivity contribution in [2.45, 2.75) is 25.9 Å². The molecule has 0 fully saturated rings. The van der Waals surface area contributed by atoms with Crippen molar-refractivity contribution in [3.8, 4) is 17.1 Å². The van der Waals surface area contributed by atoms with Gasteiger partial charge in [-0.05, 0) is 48.4 Å². The van der Waals surface area contributed by atoms with E-state index < -0.39 is 11.7 Å². The van der Waals surface area contributed by atoms with Crippen molar-refractivity contribution < 1.29 is 17.9 Å². The van der Waals surface area contributed by atoms with E-state index in [1.165, 1.54) is 17.8 Å². The minimum absolute atomic E-state index is 0.0828. The predicted octanol–water partition coefficient (Wildman–Crippen LogP) is 8.18. The number of nitrogens with zero attached hydrogens (tertiary/aromatic N) is 2. The zero-order chi connectivity index (χ0) is 28.3. The van der Waals surface area contributed by atoms with Gasteiger partial charge in [0.25, 0.3) is 0 Å². The number of aromatic amines is 1. The lowest BCUT2D eigenvalue weighted by molar-refractivity contribution is -0.138. The Hall–Kier alpha value is -4.10. The number of hydrogen-bond donors (Lipinski definition) is 1. The molecule has 1 N–H and O–H groups in total. The van der Waals surface area contributed by atoms with Crippen molar-refractivity contribution in [1.82, 2.24) is 14.5 Å². The Bertz CT molecular complexity index is 1610. The van der Waals surface area contributed by atoms with Gasteiger partial charge in [0.05, 0.1) is 43.8 Å². The van der Waals surface area contributed by atoms with Crippen LogP contribution in [0, 0.1) is 6.92 Å². The Balaban J connectivity index is 1.44.